The number of thioether (sulfide) groups is 1. The summed E-state index contributed by atoms with van der Waals surface area (Å²) in [4.78, 5) is 15.1. The third-order valence-corrected chi connectivity index (χ3v) is 7.78. The minimum atomic E-state index is -0.902. The molecule has 0 unspecified atom stereocenters. The molecule has 5 rings (SSSR count). The highest BCUT2D eigenvalue weighted by Gasteiger charge is 2.24. The number of anilines is 1. The fraction of sp³-hybridized carbons (Fsp3) is 0.300. The van der Waals surface area contributed by atoms with Gasteiger partial charge in [0.15, 0.2) is 0 Å². The van der Waals surface area contributed by atoms with Crippen LogP contribution in [0.1, 0.15) is 42.4 Å². The molecule has 0 radical (unpaired) electrons. The summed E-state index contributed by atoms with van der Waals surface area (Å²) < 4.78 is 1.97. The summed E-state index contributed by atoms with van der Waals surface area (Å²) in [6, 6.07) is 25.0. The smallest absolute Gasteiger partial charge is 0.353 e. The van der Waals surface area contributed by atoms with Crippen LogP contribution in [0.5, 0.6) is 0 Å². The summed E-state index contributed by atoms with van der Waals surface area (Å²) in [6.07, 6.45) is 0. The van der Waals surface area contributed by atoms with Crippen molar-refractivity contribution in [1.29, 1.82) is 0 Å². The average Bonchev–Trinajstić information content (AvgIpc) is 3.19. The standard InChI is InChI=1S/C30H32N2O2S/c1-30(2,3)23-13-11-22(12-14-23)27-25-9-4-5-10-26(25)32(28(27)29(33)34)20-21-7-6-8-24(19-21)31-15-17-35-18-16-31/h4-14,19H,15-18,20H2,1-3H3,(H,33,34). The van der Waals surface area contributed by atoms with Crippen LogP contribution in [0, 0.1) is 0 Å². The molecule has 1 aliphatic rings. The van der Waals surface area contributed by atoms with Gasteiger partial charge >= 0.3 is 5.97 Å². The van der Waals surface area contributed by atoms with Crippen molar-refractivity contribution in [2.75, 3.05) is 29.5 Å². The van der Waals surface area contributed by atoms with Crippen molar-refractivity contribution in [2.45, 2.75) is 32.7 Å². The number of para-hydroxylation sites is 1. The molecular weight excluding hydrogens is 452 g/mol. The van der Waals surface area contributed by atoms with Crippen molar-refractivity contribution in [1.82, 2.24) is 4.57 Å². The van der Waals surface area contributed by atoms with Gasteiger partial charge < -0.3 is 14.6 Å². The van der Waals surface area contributed by atoms with Crippen molar-refractivity contribution in [3.63, 3.8) is 0 Å². The van der Waals surface area contributed by atoms with Gasteiger partial charge in [0.25, 0.3) is 0 Å². The van der Waals surface area contributed by atoms with E-state index < -0.39 is 5.97 Å². The van der Waals surface area contributed by atoms with Gasteiger partial charge in [-0.3, -0.25) is 0 Å². The summed E-state index contributed by atoms with van der Waals surface area (Å²) >= 11 is 2.00. The zero-order valence-electron chi connectivity index (χ0n) is 20.6. The van der Waals surface area contributed by atoms with Gasteiger partial charge in [-0.1, -0.05) is 75.4 Å². The minimum absolute atomic E-state index is 0.0419. The van der Waals surface area contributed by atoms with Gasteiger partial charge in [-0.15, -0.1) is 0 Å². The molecule has 4 nitrogen and oxygen atoms in total. The van der Waals surface area contributed by atoms with E-state index in [-0.39, 0.29) is 5.41 Å². The normalized spacial score (nSPS) is 14.4. The molecule has 1 N–H and O–H groups in total. The summed E-state index contributed by atoms with van der Waals surface area (Å²) in [5.74, 6) is 1.39. The summed E-state index contributed by atoms with van der Waals surface area (Å²) in [5.41, 5.74) is 6.61. The van der Waals surface area contributed by atoms with E-state index in [0.717, 1.165) is 52.2 Å². The highest BCUT2D eigenvalue weighted by molar-refractivity contribution is 7.99. The summed E-state index contributed by atoms with van der Waals surface area (Å²) in [6.45, 7) is 9.18. The number of aromatic nitrogens is 1. The quantitative estimate of drug-likeness (QED) is 0.334. The highest BCUT2D eigenvalue weighted by atomic mass is 32.2. The van der Waals surface area contributed by atoms with Crippen molar-refractivity contribution in [3.8, 4) is 11.1 Å². The third-order valence-electron chi connectivity index (χ3n) is 6.84. The van der Waals surface area contributed by atoms with Gasteiger partial charge in [0.05, 0.1) is 0 Å². The molecule has 1 saturated heterocycles. The van der Waals surface area contributed by atoms with Crippen molar-refractivity contribution < 1.29 is 9.90 Å². The molecule has 5 heteroatoms. The molecule has 2 heterocycles. The predicted octanol–water partition coefficient (Wildman–Crippen LogP) is 6.91. The van der Waals surface area contributed by atoms with Crippen LogP contribution in [0.4, 0.5) is 5.69 Å². The number of hydrogen-bond donors (Lipinski definition) is 1. The van der Waals surface area contributed by atoms with Crippen LogP contribution in [-0.2, 0) is 12.0 Å². The number of rotatable bonds is 5. The zero-order valence-corrected chi connectivity index (χ0v) is 21.4. The van der Waals surface area contributed by atoms with E-state index in [1.165, 1.54) is 11.3 Å². The molecule has 1 fully saturated rings. The van der Waals surface area contributed by atoms with Gasteiger partial charge in [-0.05, 0) is 40.3 Å². The first-order valence-corrected chi connectivity index (χ1v) is 13.4. The third kappa shape index (κ3) is 4.70. The topological polar surface area (TPSA) is 45.5 Å². The Morgan fingerprint density at radius 1 is 0.943 bits per heavy atom. The molecule has 4 aromatic rings. The van der Waals surface area contributed by atoms with Gasteiger partial charge in [0, 0.05) is 53.3 Å². The summed E-state index contributed by atoms with van der Waals surface area (Å²) in [7, 11) is 0. The van der Waals surface area contributed by atoms with E-state index in [2.05, 4.69) is 74.2 Å². The molecule has 35 heavy (non-hydrogen) atoms. The van der Waals surface area contributed by atoms with Crippen molar-refractivity contribution >= 4 is 34.3 Å². The molecular formula is C30H32N2O2S. The Labute approximate surface area is 211 Å². The van der Waals surface area contributed by atoms with Crippen LogP contribution in [0.3, 0.4) is 0 Å². The number of benzene rings is 3. The van der Waals surface area contributed by atoms with Crippen LogP contribution < -0.4 is 4.90 Å². The lowest BCUT2D eigenvalue weighted by atomic mass is 9.86. The molecule has 0 bridgehead atoms. The first-order chi connectivity index (χ1) is 16.8. The predicted molar refractivity (Wildman–Crippen MR) is 148 cm³/mol. The molecule has 0 aliphatic carbocycles. The fourth-order valence-electron chi connectivity index (χ4n) is 4.97. The number of aromatic carboxylic acids is 1. The van der Waals surface area contributed by atoms with Crippen LogP contribution in [-0.4, -0.2) is 40.2 Å². The van der Waals surface area contributed by atoms with Crippen molar-refractivity contribution in [2.24, 2.45) is 0 Å². The Morgan fingerprint density at radius 2 is 1.66 bits per heavy atom. The maximum Gasteiger partial charge on any atom is 0.353 e. The number of carboxylic acid groups (broad SMARTS) is 1. The average molecular weight is 485 g/mol. The van der Waals surface area contributed by atoms with Gasteiger partial charge in [-0.25, -0.2) is 4.79 Å². The molecule has 0 saturated carbocycles. The van der Waals surface area contributed by atoms with E-state index >= 15 is 0 Å². The molecule has 180 valence electrons. The molecule has 1 aliphatic heterocycles. The second kappa shape index (κ2) is 9.46. The lowest BCUT2D eigenvalue weighted by Gasteiger charge is -2.28. The summed E-state index contributed by atoms with van der Waals surface area (Å²) in [5, 5.41) is 11.4. The first-order valence-electron chi connectivity index (χ1n) is 12.2. The van der Waals surface area contributed by atoms with Crippen LogP contribution in [0.2, 0.25) is 0 Å². The Balaban J connectivity index is 1.61. The lowest BCUT2D eigenvalue weighted by Crippen LogP contribution is -2.32. The number of hydrogen-bond acceptors (Lipinski definition) is 3. The molecule has 3 aromatic carbocycles. The van der Waals surface area contributed by atoms with Gasteiger partial charge in [0.1, 0.15) is 5.69 Å². The Morgan fingerprint density at radius 3 is 2.34 bits per heavy atom. The monoisotopic (exact) mass is 484 g/mol. The first kappa shape index (κ1) is 23.6. The Hall–Kier alpha value is -3.18. The lowest BCUT2D eigenvalue weighted by molar-refractivity contribution is 0.0687. The van der Waals surface area contributed by atoms with E-state index in [1.807, 2.05) is 40.6 Å². The number of nitrogens with zero attached hydrogens (tertiary/aromatic N) is 2. The second-order valence-corrected chi connectivity index (χ2v) is 11.5. The fourth-order valence-corrected chi connectivity index (χ4v) is 5.88. The number of carboxylic acids is 1. The number of fused-ring (bicyclic) bond motifs is 1. The maximum absolute atomic E-state index is 12.7. The van der Waals surface area contributed by atoms with Gasteiger partial charge in [-0.2, -0.15) is 11.8 Å². The molecule has 0 amide bonds. The highest BCUT2D eigenvalue weighted by Crippen LogP contribution is 2.37. The van der Waals surface area contributed by atoms with E-state index in [1.54, 1.807) is 0 Å². The maximum atomic E-state index is 12.7. The molecule has 0 spiro atoms. The second-order valence-electron chi connectivity index (χ2n) is 10.2. The zero-order chi connectivity index (χ0) is 24.6. The number of carbonyl (C=O) groups is 1. The minimum Gasteiger partial charge on any atom is -0.477 e. The van der Waals surface area contributed by atoms with Crippen LogP contribution in [0.25, 0.3) is 22.0 Å². The molecule has 1 aromatic heterocycles. The van der Waals surface area contributed by atoms with E-state index in [9.17, 15) is 9.90 Å². The van der Waals surface area contributed by atoms with Crippen LogP contribution in [0.15, 0.2) is 72.8 Å². The van der Waals surface area contributed by atoms with Gasteiger partial charge in [0.2, 0.25) is 0 Å². The molecule has 0 atom stereocenters. The Bertz CT molecular complexity index is 1360. The largest absolute Gasteiger partial charge is 0.477 e. The SMILES string of the molecule is CC(C)(C)c1ccc(-c2c(C(=O)O)n(Cc3cccc(N4CCSCC4)c3)c3ccccc23)cc1. The van der Waals surface area contributed by atoms with E-state index in [4.69, 9.17) is 0 Å². The van der Waals surface area contributed by atoms with Crippen molar-refractivity contribution in [3.05, 3.63) is 89.6 Å². The van der Waals surface area contributed by atoms with Crippen LogP contribution >= 0.6 is 11.8 Å². The van der Waals surface area contributed by atoms with E-state index in [0.29, 0.717) is 12.2 Å². The Kier molecular flexibility index (Phi) is 6.37.